The van der Waals surface area contributed by atoms with Crippen LogP contribution in [0.4, 0.5) is 0 Å². The van der Waals surface area contributed by atoms with Gasteiger partial charge in [-0.2, -0.15) is 0 Å². The summed E-state index contributed by atoms with van der Waals surface area (Å²) in [5, 5.41) is 3.06. The molecule has 25 heavy (non-hydrogen) atoms. The van der Waals surface area contributed by atoms with Gasteiger partial charge in [-0.05, 0) is 55.8 Å². The van der Waals surface area contributed by atoms with Crippen molar-refractivity contribution in [1.82, 2.24) is 10.2 Å². The van der Waals surface area contributed by atoms with E-state index in [1.807, 2.05) is 0 Å². The second-order valence-electron chi connectivity index (χ2n) is 7.14. The lowest BCUT2D eigenvalue weighted by molar-refractivity contribution is -0.122. The van der Waals surface area contributed by atoms with E-state index in [1.165, 1.54) is 37.1 Å². The summed E-state index contributed by atoms with van der Waals surface area (Å²) in [7, 11) is 0. The van der Waals surface area contributed by atoms with Gasteiger partial charge in [0.15, 0.2) is 0 Å². The molecule has 1 aliphatic heterocycles. The van der Waals surface area contributed by atoms with E-state index in [9.17, 15) is 4.79 Å². The molecule has 6 heteroatoms. The molecule has 1 heterocycles. The number of nitrogens with one attached hydrogen (secondary N) is 1. The molecule has 0 radical (unpaired) electrons. The number of rotatable bonds is 6. The molecule has 2 atom stereocenters. The molecule has 142 valence electrons. The molecule has 2 aliphatic rings. The Morgan fingerprint density at radius 3 is 2.52 bits per heavy atom. The topological polar surface area (TPSA) is 58.4 Å². The Bertz CT molecular complexity index is 535. The van der Waals surface area contributed by atoms with E-state index in [4.69, 9.17) is 5.73 Å². The zero-order valence-corrected chi connectivity index (χ0v) is 16.4. The van der Waals surface area contributed by atoms with Gasteiger partial charge >= 0.3 is 0 Å². The fraction of sp³-hybridized carbons (Fsp3) is 0.632. The van der Waals surface area contributed by atoms with Crippen LogP contribution in [-0.4, -0.2) is 29.9 Å². The van der Waals surface area contributed by atoms with Gasteiger partial charge in [-0.25, -0.2) is 0 Å². The number of carbonyl (C=O) groups excluding carboxylic acids is 1. The third-order valence-electron chi connectivity index (χ3n) is 5.25. The Labute approximate surface area is 163 Å². The van der Waals surface area contributed by atoms with Crippen molar-refractivity contribution in [2.45, 2.75) is 57.7 Å². The van der Waals surface area contributed by atoms with Crippen LogP contribution in [0.1, 0.15) is 49.7 Å². The summed E-state index contributed by atoms with van der Waals surface area (Å²) in [6.45, 7) is 4.07. The maximum atomic E-state index is 12.1. The molecule has 3 rings (SSSR count). The number of amides is 1. The minimum atomic E-state index is 0. The van der Waals surface area contributed by atoms with Crippen molar-refractivity contribution < 1.29 is 4.79 Å². The molecule has 4 nitrogen and oxygen atoms in total. The first kappa shape index (κ1) is 22.2. The van der Waals surface area contributed by atoms with Crippen LogP contribution in [0.15, 0.2) is 24.3 Å². The number of nitrogens with zero attached hydrogens (tertiary/aromatic N) is 1. The average molecular weight is 388 g/mol. The van der Waals surface area contributed by atoms with Gasteiger partial charge in [-0.1, -0.05) is 30.7 Å². The lowest BCUT2D eigenvalue weighted by atomic mass is 10.00. The minimum Gasteiger partial charge on any atom is -0.352 e. The van der Waals surface area contributed by atoms with E-state index in [0.29, 0.717) is 18.9 Å². The van der Waals surface area contributed by atoms with Crippen molar-refractivity contribution >= 4 is 30.7 Å². The largest absolute Gasteiger partial charge is 0.352 e. The Kier molecular flexibility index (Phi) is 9.80. The highest BCUT2D eigenvalue weighted by Gasteiger charge is 2.25. The fourth-order valence-electron chi connectivity index (χ4n) is 3.87. The molecular weight excluding hydrogens is 357 g/mol. The summed E-state index contributed by atoms with van der Waals surface area (Å²) in [5.41, 5.74) is 8.58. The molecular formula is C19H31Cl2N3O. The van der Waals surface area contributed by atoms with Crippen LogP contribution >= 0.6 is 24.8 Å². The Hall–Kier alpha value is -0.810. The molecule has 1 saturated carbocycles. The monoisotopic (exact) mass is 387 g/mol. The lowest BCUT2D eigenvalue weighted by Gasteiger charge is -2.16. The molecule has 3 N–H and O–H groups in total. The van der Waals surface area contributed by atoms with Crippen LogP contribution in [-0.2, 0) is 17.9 Å². The number of benzene rings is 1. The summed E-state index contributed by atoms with van der Waals surface area (Å²) >= 11 is 0. The van der Waals surface area contributed by atoms with E-state index in [2.05, 4.69) is 34.5 Å². The number of nitrogens with two attached hydrogens (primary N) is 1. The highest BCUT2D eigenvalue weighted by molar-refractivity contribution is 5.85. The Morgan fingerprint density at radius 1 is 1.12 bits per heavy atom. The Morgan fingerprint density at radius 2 is 1.84 bits per heavy atom. The minimum absolute atomic E-state index is 0. The van der Waals surface area contributed by atoms with Gasteiger partial charge in [0.05, 0.1) is 0 Å². The first-order chi connectivity index (χ1) is 11.2. The summed E-state index contributed by atoms with van der Waals surface area (Å²) < 4.78 is 0. The van der Waals surface area contributed by atoms with Crippen LogP contribution in [0.5, 0.6) is 0 Å². The molecule has 1 saturated heterocycles. The van der Waals surface area contributed by atoms with Gasteiger partial charge < -0.3 is 11.1 Å². The zero-order chi connectivity index (χ0) is 16.1. The predicted octanol–water partition coefficient (Wildman–Crippen LogP) is 3.26. The summed E-state index contributed by atoms with van der Waals surface area (Å²) in [6, 6.07) is 8.81. The number of likely N-dealkylation sites (tertiary alicyclic amines) is 1. The molecule has 2 fully saturated rings. The molecule has 0 spiro atoms. The summed E-state index contributed by atoms with van der Waals surface area (Å²) in [4.78, 5) is 14.6. The van der Waals surface area contributed by atoms with Crippen LogP contribution in [0.25, 0.3) is 0 Å². The highest BCUT2D eigenvalue weighted by atomic mass is 35.5. The smallest absolute Gasteiger partial charge is 0.220 e. The zero-order valence-electron chi connectivity index (χ0n) is 14.8. The maximum Gasteiger partial charge on any atom is 0.220 e. The van der Waals surface area contributed by atoms with Gasteiger partial charge in [0.2, 0.25) is 5.91 Å². The van der Waals surface area contributed by atoms with E-state index in [-0.39, 0.29) is 36.8 Å². The Balaban J connectivity index is 0.00000156. The van der Waals surface area contributed by atoms with E-state index in [0.717, 1.165) is 25.8 Å². The third-order valence-corrected chi connectivity index (χ3v) is 5.25. The number of halogens is 2. The standard InChI is InChI=1S/C19H29N3O.2ClH/c20-18-8-4-7-17(18)12-19(23)21-13-15-5-3-6-16(11-15)14-22-9-1-2-10-22;;/h3,5-6,11,17-18H,1-2,4,7-10,12-14,20H2,(H,21,23);2*1H/t17-,18+;;/m0../s1. The third kappa shape index (κ3) is 6.78. The quantitative estimate of drug-likeness (QED) is 0.787. The summed E-state index contributed by atoms with van der Waals surface area (Å²) in [5.74, 6) is 0.508. The molecule has 0 unspecified atom stereocenters. The van der Waals surface area contributed by atoms with Crippen molar-refractivity contribution in [3.63, 3.8) is 0 Å². The van der Waals surface area contributed by atoms with Gasteiger partial charge in [-0.3, -0.25) is 9.69 Å². The molecule has 0 aromatic heterocycles. The summed E-state index contributed by atoms with van der Waals surface area (Å²) in [6.07, 6.45) is 6.54. The van der Waals surface area contributed by atoms with Crippen LogP contribution in [0.2, 0.25) is 0 Å². The maximum absolute atomic E-state index is 12.1. The number of carbonyl (C=O) groups is 1. The highest BCUT2D eigenvalue weighted by Crippen LogP contribution is 2.26. The van der Waals surface area contributed by atoms with E-state index < -0.39 is 0 Å². The second kappa shape index (κ2) is 11.0. The van der Waals surface area contributed by atoms with Crippen molar-refractivity contribution in [2.75, 3.05) is 13.1 Å². The van der Waals surface area contributed by atoms with Gasteiger partial charge in [-0.15, -0.1) is 24.8 Å². The number of hydrogen-bond donors (Lipinski definition) is 2. The first-order valence-corrected chi connectivity index (χ1v) is 9.03. The number of hydrogen-bond acceptors (Lipinski definition) is 3. The SMILES string of the molecule is Cl.Cl.N[C@@H]1CCC[C@H]1CC(=O)NCc1cccc(CN2CCCC2)c1. The van der Waals surface area contributed by atoms with Crippen LogP contribution in [0.3, 0.4) is 0 Å². The normalized spacial score (nSPS) is 22.9. The van der Waals surface area contributed by atoms with E-state index >= 15 is 0 Å². The molecule has 1 aliphatic carbocycles. The molecule has 1 aromatic rings. The van der Waals surface area contributed by atoms with Gasteiger partial charge in [0.1, 0.15) is 0 Å². The van der Waals surface area contributed by atoms with Gasteiger partial charge in [0.25, 0.3) is 0 Å². The first-order valence-electron chi connectivity index (χ1n) is 9.03. The van der Waals surface area contributed by atoms with Crippen LogP contribution < -0.4 is 11.1 Å². The van der Waals surface area contributed by atoms with Gasteiger partial charge in [0, 0.05) is 25.6 Å². The van der Waals surface area contributed by atoms with Crippen molar-refractivity contribution in [3.05, 3.63) is 35.4 Å². The van der Waals surface area contributed by atoms with Crippen LogP contribution in [0, 0.1) is 5.92 Å². The predicted molar refractivity (Wildman–Crippen MR) is 107 cm³/mol. The van der Waals surface area contributed by atoms with Crippen molar-refractivity contribution in [1.29, 1.82) is 0 Å². The molecule has 1 aromatic carbocycles. The van der Waals surface area contributed by atoms with Crippen molar-refractivity contribution in [2.24, 2.45) is 11.7 Å². The van der Waals surface area contributed by atoms with Crippen molar-refractivity contribution in [3.8, 4) is 0 Å². The average Bonchev–Trinajstić information content (AvgIpc) is 3.18. The molecule has 0 bridgehead atoms. The second-order valence-corrected chi connectivity index (χ2v) is 7.14. The fourth-order valence-corrected chi connectivity index (χ4v) is 3.87. The lowest BCUT2D eigenvalue weighted by Crippen LogP contribution is -2.31. The van der Waals surface area contributed by atoms with E-state index in [1.54, 1.807) is 0 Å². The molecule has 1 amide bonds.